The van der Waals surface area contributed by atoms with Crippen LogP contribution in [-0.2, 0) is 5.41 Å². The third-order valence-electron chi connectivity index (χ3n) is 8.59. The Hall–Kier alpha value is -4.36. The van der Waals surface area contributed by atoms with Crippen molar-refractivity contribution in [1.82, 2.24) is 0 Å². The lowest BCUT2D eigenvalue weighted by atomic mass is 9.81. The van der Waals surface area contributed by atoms with Gasteiger partial charge in [-0.25, -0.2) is 0 Å². The molecule has 0 aromatic heterocycles. The highest BCUT2D eigenvalue weighted by molar-refractivity contribution is 5.93. The molecule has 0 bridgehead atoms. The molecule has 6 aromatic carbocycles. The zero-order valence-electron chi connectivity index (χ0n) is 23.1. The smallest absolute Gasteiger partial charge is 0.0468 e. The second-order valence-corrected chi connectivity index (χ2v) is 11.7. The topological polar surface area (TPSA) is 3.24 Å². The third kappa shape index (κ3) is 3.84. The molecule has 0 heterocycles. The molecule has 39 heavy (non-hydrogen) atoms. The van der Waals surface area contributed by atoms with E-state index in [0.717, 1.165) is 0 Å². The van der Waals surface area contributed by atoms with E-state index in [1.165, 1.54) is 66.4 Å². The Balaban J connectivity index is 1.42. The Morgan fingerprint density at radius 2 is 0.949 bits per heavy atom. The number of hydrogen-bond acceptors (Lipinski definition) is 1. The van der Waals surface area contributed by atoms with E-state index in [1.54, 1.807) is 0 Å². The monoisotopic (exact) mass is 503 g/mol. The summed E-state index contributed by atoms with van der Waals surface area (Å²) in [5.74, 6) is 0.515. The van der Waals surface area contributed by atoms with Gasteiger partial charge in [-0.2, -0.15) is 0 Å². The van der Waals surface area contributed by atoms with Crippen LogP contribution in [0.3, 0.4) is 0 Å². The number of fused-ring (bicyclic) bond motifs is 5. The molecule has 1 heteroatoms. The van der Waals surface area contributed by atoms with E-state index in [1.807, 2.05) is 0 Å². The molecular weight excluding hydrogens is 470 g/mol. The van der Waals surface area contributed by atoms with Crippen LogP contribution in [0.2, 0.25) is 0 Å². The van der Waals surface area contributed by atoms with Crippen LogP contribution in [0.25, 0.3) is 32.7 Å². The summed E-state index contributed by atoms with van der Waals surface area (Å²) >= 11 is 0. The average Bonchev–Trinajstić information content (AvgIpc) is 3.18. The number of nitrogens with zero attached hydrogens (tertiary/aromatic N) is 1. The minimum absolute atomic E-state index is 0.0655. The lowest BCUT2D eigenvalue weighted by Crippen LogP contribution is -2.17. The lowest BCUT2D eigenvalue weighted by molar-refractivity contribution is 0.658. The average molecular weight is 504 g/mol. The quantitative estimate of drug-likeness (QED) is 0.231. The van der Waals surface area contributed by atoms with Crippen molar-refractivity contribution in [2.75, 3.05) is 4.90 Å². The molecule has 1 aliphatic carbocycles. The minimum atomic E-state index is -0.0655. The highest BCUT2D eigenvalue weighted by atomic mass is 15.1. The molecule has 0 spiro atoms. The van der Waals surface area contributed by atoms with Crippen molar-refractivity contribution in [3.63, 3.8) is 0 Å². The Morgan fingerprint density at radius 3 is 1.51 bits per heavy atom. The summed E-state index contributed by atoms with van der Waals surface area (Å²) in [6.07, 6.45) is 0. The van der Waals surface area contributed by atoms with Crippen LogP contribution in [0, 0.1) is 0 Å². The van der Waals surface area contributed by atoms with Gasteiger partial charge in [0.15, 0.2) is 0 Å². The van der Waals surface area contributed by atoms with Crippen molar-refractivity contribution >= 4 is 38.6 Å². The van der Waals surface area contributed by atoms with Crippen LogP contribution in [0.1, 0.15) is 50.3 Å². The van der Waals surface area contributed by atoms with E-state index >= 15 is 0 Å². The van der Waals surface area contributed by atoms with Crippen molar-refractivity contribution in [3.05, 3.63) is 138 Å². The van der Waals surface area contributed by atoms with E-state index in [0.29, 0.717) is 5.92 Å². The van der Waals surface area contributed by atoms with Crippen LogP contribution < -0.4 is 4.90 Å². The molecule has 0 saturated heterocycles. The van der Waals surface area contributed by atoms with Crippen LogP contribution in [0.15, 0.2) is 121 Å². The third-order valence-corrected chi connectivity index (χ3v) is 8.59. The maximum absolute atomic E-state index is 2.43. The molecular formula is C38H33N. The van der Waals surface area contributed by atoms with Crippen molar-refractivity contribution in [1.29, 1.82) is 0 Å². The summed E-state index contributed by atoms with van der Waals surface area (Å²) in [5.41, 5.74) is 10.4. The molecule has 0 fully saturated rings. The van der Waals surface area contributed by atoms with Gasteiger partial charge in [0.1, 0.15) is 0 Å². The van der Waals surface area contributed by atoms with Gasteiger partial charge in [0.25, 0.3) is 0 Å². The van der Waals surface area contributed by atoms with E-state index < -0.39 is 0 Å². The number of rotatable bonds is 4. The highest BCUT2D eigenvalue weighted by Gasteiger charge is 2.36. The van der Waals surface area contributed by atoms with Crippen LogP contribution in [0.4, 0.5) is 17.1 Å². The van der Waals surface area contributed by atoms with Crippen LogP contribution in [0.5, 0.6) is 0 Å². The van der Waals surface area contributed by atoms with E-state index in [2.05, 4.69) is 154 Å². The molecule has 190 valence electrons. The summed E-state index contributed by atoms with van der Waals surface area (Å²) in [5, 5.41) is 5.00. The zero-order valence-corrected chi connectivity index (χ0v) is 23.1. The molecule has 0 unspecified atom stereocenters. The summed E-state index contributed by atoms with van der Waals surface area (Å²) in [4.78, 5) is 2.41. The van der Waals surface area contributed by atoms with Gasteiger partial charge in [0.05, 0.1) is 0 Å². The van der Waals surface area contributed by atoms with E-state index in [9.17, 15) is 0 Å². The minimum Gasteiger partial charge on any atom is -0.310 e. The summed E-state index contributed by atoms with van der Waals surface area (Å²) in [7, 11) is 0. The number of anilines is 3. The molecule has 0 N–H and O–H groups in total. The standard InChI is InChI=1S/C38H33N/c1-25(2)28-15-19-34-35-20-18-33(24-37(35)38(3,4)36(34)23-28)39(31-16-13-26-9-5-7-11-29(26)21-31)32-17-14-27-10-6-8-12-30(27)22-32/h5-25H,1-4H3. The number of hydrogen-bond donors (Lipinski definition) is 0. The fourth-order valence-electron chi connectivity index (χ4n) is 6.32. The maximum atomic E-state index is 2.43. The Bertz CT molecular complexity index is 1790. The molecule has 6 aromatic rings. The second kappa shape index (κ2) is 8.85. The first kappa shape index (κ1) is 23.7. The molecule has 7 rings (SSSR count). The molecule has 1 nitrogen and oxygen atoms in total. The van der Waals surface area contributed by atoms with Gasteiger partial charge in [0.2, 0.25) is 0 Å². The van der Waals surface area contributed by atoms with Gasteiger partial charge in [-0.3, -0.25) is 0 Å². The highest BCUT2D eigenvalue weighted by Crippen LogP contribution is 2.51. The van der Waals surface area contributed by atoms with Gasteiger partial charge < -0.3 is 4.90 Å². The van der Waals surface area contributed by atoms with Crippen molar-refractivity contribution in [2.24, 2.45) is 0 Å². The maximum Gasteiger partial charge on any atom is 0.0468 e. The predicted molar refractivity (Wildman–Crippen MR) is 168 cm³/mol. The fourth-order valence-corrected chi connectivity index (χ4v) is 6.32. The van der Waals surface area contributed by atoms with Gasteiger partial charge >= 0.3 is 0 Å². The van der Waals surface area contributed by atoms with Crippen molar-refractivity contribution < 1.29 is 0 Å². The van der Waals surface area contributed by atoms with E-state index in [4.69, 9.17) is 0 Å². The predicted octanol–water partition coefficient (Wildman–Crippen LogP) is 10.9. The summed E-state index contributed by atoms with van der Waals surface area (Å²) in [6.45, 7) is 9.31. The molecule has 0 amide bonds. The summed E-state index contributed by atoms with van der Waals surface area (Å²) in [6, 6.07) is 44.9. The Morgan fingerprint density at radius 1 is 0.487 bits per heavy atom. The molecule has 0 radical (unpaired) electrons. The van der Waals surface area contributed by atoms with Gasteiger partial charge in [0, 0.05) is 22.5 Å². The molecule has 0 saturated carbocycles. The second-order valence-electron chi connectivity index (χ2n) is 11.7. The van der Waals surface area contributed by atoms with E-state index in [-0.39, 0.29) is 5.41 Å². The summed E-state index contributed by atoms with van der Waals surface area (Å²) < 4.78 is 0. The normalized spacial score (nSPS) is 13.6. The van der Waals surface area contributed by atoms with Gasteiger partial charge in [-0.15, -0.1) is 0 Å². The first-order valence-corrected chi connectivity index (χ1v) is 14.0. The first-order valence-electron chi connectivity index (χ1n) is 14.0. The Labute approximate surface area is 231 Å². The van der Waals surface area contributed by atoms with Crippen molar-refractivity contribution in [3.8, 4) is 11.1 Å². The fraction of sp³-hybridized carbons (Fsp3) is 0.158. The van der Waals surface area contributed by atoms with Crippen LogP contribution >= 0.6 is 0 Å². The lowest BCUT2D eigenvalue weighted by Gasteiger charge is -2.28. The Kier molecular flexibility index (Phi) is 5.39. The molecule has 0 atom stereocenters. The van der Waals surface area contributed by atoms with Crippen LogP contribution in [-0.4, -0.2) is 0 Å². The largest absolute Gasteiger partial charge is 0.310 e. The molecule has 1 aliphatic rings. The first-order chi connectivity index (χ1) is 18.9. The van der Waals surface area contributed by atoms with Gasteiger partial charge in [-0.05, 0) is 91.7 Å². The SMILES string of the molecule is CC(C)c1ccc2c(c1)C(C)(C)c1cc(N(c3ccc4ccccc4c3)c3ccc4ccccc4c3)ccc1-2. The molecule has 0 aliphatic heterocycles. The zero-order chi connectivity index (χ0) is 26.7. The number of benzene rings is 6. The van der Waals surface area contributed by atoms with Crippen molar-refractivity contribution in [2.45, 2.75) is 39.0 Å². The van der Waals surface area contributed by atoms with Gasteiger partial charge in [-0.1, -0.05) is 113 Å².